The Bertz CT molecular complexity index is 1220. The van der Waals surface area contributed by atoms with Crippen molar-refractivity contribution in [2.45, 2.75) is 13.8 Å². The van der Waals surface area contributed by atoms with E-state index in [9.17, 15) is 9.59 Å². The number of benzene rings is 3. The zero-order chi connectivity index (χ0) is 22.8. The van der Waals surface area contributed by atoms with E-state index in [0.29, 0.717) is 39.3 Å². The van der Waals surface area contributed by atoms with Crippen molar-refractivity contribution in [1.82, 2.24) is 0 Å². The molecule has 4 rings (SSSR count). The molecule has 1 N–H and O–H groups in total. The second-order valence-electron chi connectivity index (χ2n) is 7.21. The summed E-state index contributed by atoms with van der Waals surface area (Å²) in [6, 6.07) is 19.0. The Labute approximate surface area is 196 Å². The van der Waals surface area contributed by atoms with Crippen LogP contribution in [-0.4, -0.2) is 18.4 Å². The molecule has 0 unspecified atom stereocenters. The Morgan fingerprint density at radius 2 is 1.53 bits per heavy atom. The summed E-state index contributed by atoms with van der Waals surface area (Å²) in [4.78, 5) is 28.1. The standard InChI is InChI=1S/C25H20Cl2N2O3/c1-3-32-20-11-4-16(5-12-20)22-23(28-21-13-8-18(27)14-15(21)2)25(31)29(24(22)30)19-9-6-17(26)7-10-19/h4-14,28H,3H2,1-2H3. The first kappa shape index (κ1) is 21.9. The third-order valence-electron chi connectivity index (χ3n) is 5.07. The summed E-state index contributed by atoms with van der Waals surface area (Å²) in [6.45, 7) is 4.31. The summed E-state index contributed by atoms with van der Waals surface area (Å²) in [5.41, 5.74) is 3.06. The summed E-state index contributed by atoms with van der Waals surface area (Å²) < 4.78 is 5.50. The fourth-order valence-corrected chi connectivity index (χ4v) is 3.88. The van der Waals surface area contributed by atoms with Gasteiger partial charge in [0, 0.05) is 15.7 Å². The van der Waals surface area contributed by atoms with Crippen molar-refractivity contribution < 1.29 is 14.3 Å². The lowest BCUT2D eigenvalue weighted by Gasteiger charge is -2.16. The number of amides is 2. The van der Waals surface area contributed by atoms with Gasteiger partial charge < -0.3 is 10.1 Å². The minimum Gasteiger partial charge on any atom is -0.494 e. The number of ether oxygens (including phenoxy) is 1. The molecule has 0 radical (unpaired) electrons. The van der Waals surface area contributed by atoms with Crippen LogP contribution in [-0.2, 0) is 9.59 Å². The van der Waals surface area contributed by atoms with Crippen molar-refractivity contribution in [2.75, 3.05) is 16.8 Å². The molecular weight excluding hydrogens is 447 g/mol. The first-order valence-corrected chi connectivity index (χ1v) is 10.8. The van der Waals surface area contributed by atoms with Crippen LogP contribution in [0.2, 0.25) is 10.0 Å². The van der Waals surface area contributed by atoms with E-state index in [1.807, 2.05) is 13.8 Å². The molecule has 0 saturated heterocycles. The van der Waals surface area contributed by atoms with Crippen molar-refractivity contribution in [1.29, 1.82) is 0 Å². The predicted octanol–water partition coefficient (Wildman–Crippen LogP) is 6.10. The van der Waals surface area contributed by atoms with Crippen molar-refractivity contribution in [3.63, 3.8) is 0 Å². The van der Waals surface area contributed by atoms with Gasteiger partial charge in [0.25, 0.3) is 11.8 Å². The molecule has 1 aliphatic rings. The van der Waals surface area contributed by atoms with E-state index in [2.05, 4.69) is 5.32 Å². The number of nitrogens with zero attached hydrogens (tertiary/aromatic N) is 1. The Kier molecular flexibility index (Phi) is 6.21. The molecule has 1 aliphatic heterocycles. The first-order valence-electron chi connectivity index (χ1n) is 10.0. The van der Waals surface area contributed by atoms with Crippen LogP contribution in [0, 0.1) is 6.92 Å². The molecule has 0 aliphatic carbocycles. The predicted molar refractivity (Wildman–Crippen MR) is 128 cm³/mol. The van der Waals surface area contributed by atoms with Crippen LogP contribution in [0.1, 0.15) is 18.1 Å². The second-order valence-corrected chi connectivity index (χ2v) is 8.09. The molecule has 2 amide bonds. The lowest BCUT2D eigenvalue weighted by molar-refractivity contribution is -0.120. The van der Waals surface area contributed by atoms with Crippen molar-refractivity contribution in [3.05, 3.63) is 93.6 Å². The van der Waals surface area contributed by atoms with Gasteiger partial charge in [0.1, 0.15) is 11.4 Å². The highest BCUT2D eigenvalue weighted by Gasteiger charge is 2.40. The number of rotatable bonds is 6. The second kappa shape index (κ2) is 9.07. The Morgan fingerprint density at radius 1 is 0.875 bits per heavy atom. The van der Waals surface area contributed by atoms with Gasteiger partial charge in [-0.2, -0.15) is 0 Å². The molecule has 5 nitrogen and oxygen atoms in total. The Morgan fingerprint density at radius 3 is 2.16 bits per heavy atom. The minimum atomic E-state index is -0.449. The fraction of sp³-hybridized carbons (Fsp3) is 0.120. The maximum absolute atomic E-state index is 13.5. The molecule has 32 heavy (non-hydrogen) atoms. The van der Waals surface area contributed by atoms with E-state index >= 15 is 0 Å². The molecule has 0 fully saturated rings. The number of hydrogen-bond acceptors (Lipinski definition) is 4. The van der Waals surface area contributed by atoms with Crippen molar-refractivity contribution in [2.24, 2.45) is 0 Å². The van der Waals surface area contributed by atoms with Gasteiger partial charge in [0.2, 0.25) is 0 Å². The van der Waals surface area contributed by atoms with Crippen LogP contribution in [0.15, 0.2) is 72.4 Å². The topological polar surface area (TPSA) is 58.6 Å². The molecular formula is C25H20Cl2N2O3. The van der Waals surface area contributed by atoms with Crippen LogP contribution in [0.3, 0.4) is 0 Å². The van der Waals surface area contributed by atoms with E-state index in [0.717, 1.165) is 10.5 Å². The van der Waals surface area contributed by atoms with Crippen molar-refractivity contribution >= 4 is 52.0 Å². The average molecular weight is 467 g/mol. The van der Waals surface area contributed by atoms with Gasteiger partial charge in [-0.05, 0) is 79.6 Å². The van der Waals surface area contributed by atoms with E-state index in [1.54, 1.807) is 66.7 Å². The van der Waals surface area contributed by atoms with Gasteiger partial charge >= 0.3 is 0 Å². The van der Waals surface area contributed by atoms with Gasteiger partial charge in [-0.1, -0.05) is 35.3 Å². The van der Waals surface area contributed by atoms with E-state index in [-0.39, 0.29) is 11.3 Å². The number of carbonyl (C=O) groups is 2. The SMILES string of the molecule is CCOc1ccc(C2=C(Nc3ccc(Cl)cc3C)C(=O)N(c3ccc(Cl)cc3)C2=O)cc1. The van der Waals surface area contributed by atoms with Gasteiger partial charge in [0.15, 0.2) is 0 Å². The van der Waals surface area contributed by atoms with Crippen LogP contribution in [0.5, 0.6) is 5.75 Å². The highest BCUT2D eigenvalue weighted by molar-refractivity contribution is 6.46. The van der Waals surface area contributed by atoms with E-state index in [4.69, 9.17) is 27.9 Å². The molecule has 0 atom stereocenters. The maximum Gasteiger partial charge on any atom is 0.282 e. The lowest BCUT2D eigenvalue weighted by atomic mass is 10.0. The molecule has 0 spiro atoms. The molecule has 1 heterocycles. The summed E-state index contributed by atoms with van der Waals surface area (Å²) >= 11 is 12.1. The van der Waals surface area contributed by atoms with Gasteiger partial charge in [0.05, 0.1) is 17.9 Å². The molecule has 0 bridgehead atoms. The van der Waals surface area contributed by atoms with Gasteiger partial charge in [-0.15, -0.1) is 0 Å². The van der Waals surface area contributed by atoms with Gasteiger partial charge in [-0.3, -0.25) is 9.59 Å². The molecule has 7 heteroatoms. The smallest absolute Gasteiger partial charge is 0.282 e. The summed E-state index contributed by atoms with van der Waals surface area (Å²) in [7, 11) is 0. The third-order valence-corrected chi connectivity index (χ3v) is 5.56. The Balaban J connectivity index is 1.80. The zero-order valence-corrected chi connectivity index (χ0v) is 19.0. The van der Waals surface area contributed by atoms with Crippen molar-refractivity contribution in [3.8, 4) is 5.75 Å². The van der Waals surface area contributed by atoms with Gasteiger partial charge in [-0.25, -0.2) is 4.90 Å². The van der Waals surface area contributed by atoms with Crippen LogP contribution >= 0.6 is 23.2 Å². The third kappa shape index (κ3) is 4.22. The molecule has 0 aromatic heterocycles. The number of carbonyl (C=O) groups excluding carboxylic acids is 2. The zero-order valence-electron chi connectivity index (χ0n) is 17.5. The van der Waals surface area contributed by atoms with Crippen LogP contribution in [0.4, 0.5) is 11.4 Å². The number of halogens is 2. The Hall–Kier alpha value is -3.28. The summed E-state index contributed by atoms with van der Waals surface area (Å²) in [5.74, 6) is -0.183. The molecule has 3 aromatic rings. The fourth-order valence-electron chi connectivity index (χ4n) is 3.52. The van der Waals surface area contributed by atoms with Crippen LogP contribution < -0.4 is 15.0 Å². The molecule has 0 saturated carbocycles. The molecule has 162 valence electrons. The highest BCUT2D eigenvalue weighted by Crippen LogP contribution is 2.35. The highest BCUT2D eigenvalue weighted by atomic mass is 35.5. The quantitative estimate of drug-likeness (QED) is 0.446. The van der Waals surface area contributed by atoms with Crippen LogP contribution in [0.25, 0.3) is 5.57 Å². The average Bonchev–Trinajstić information content (AvgIpc) is 3.01. The monoisotopic (exact) mass is 466 g/mol. The number of imide groups is 1. The molecule has 3 aromatic carbocycles. The number of aryl methyl sites for hydroxylation is 1. The van der Waals surface area contributed by atoms with E-state index in [1.165, 1.54) is 0 Å². The number of anilines is 2. The summed E-state index contributed by atoms with van der Waals surface area (Å²) in [6.07, 6.45) is 0. The maximum atomic E-state index is 13.5. The lowest BCUT2D eigenvalue weighted by Crippen LogP contribution is -2.32. The number of nitrogens with one attached hydrogen (secondary N) is 1. The number of hydrogen-bond donors (Lipinski definition) is 1. The minimum absolute atomic E-state index is 0.194. The summed E-state index contributed by atoms with van der Waals surface area (Å²) in [5, 5.41) is 4.27. The van der Waals surface area contributed by atoms with E-state index < -0.39 is 11.8 Å². The largest absolute Gasteiger partial charge is 0.494 e. The normalized spacial score (nSPS) is 13.7. The first-order chi connectivity index (χ1) is 15.4.